The number of amides is 1. The fraction of sp³-hybridized carbons (Fsp3) is 0.176. The van der Waals surface area contributed by atoms with Crippen LogP contribution < -0.4 is 10.1 Å². The molecule has 0 aliphatic heterocycles. The van der Waals surface area contributed by atoms with Crippen LogP contribution in [0.4, 0.5) is 9.52 Å². The number of aryl methyl sites for hydroxylation is 2. The predicted molar refractivity (Wildman–Crippen MR) is 89.6 cm³/mol. The molecule has 0 atom stereocenters. The quantitative estimate of drug-likeness (QED) is 0.784. The number of aromatic nitrogens is 1. The van der Waals surface area contributed by atoms with E-state index in [-0.39, 0.29) is 18.3 Å². The molecule has 0 saturated heterocycles. The molecule has 0 bridgehead atoms. The Bertz CT molecular complexity index is 837. The van der Waals surface area contributed by atoms with Gasteiger partial charge < -0.3 is 4.74 Å². The summed E-state index contributed by atoms with van der Waals surface area (Å²) in [4.78, 5) is 16.4. The van der Waals surface area contributed by atoms with Crippen molar-refractivity contribution < 1.29 is 13.9 Å². The molecule has 0 aliphatic carbocycles. The number of anilines is 1. The molecule has 0 saturated carbocycles. The predicted octanol–water partition coefficient (Wildman–Crippen LogP) is 4.07. The summed E-state index contributed by atoms with van der Waals surface area (Å²) < 4.78 is 19.7. The minimum absolute atomic E-state index is 0.0543. The van der Waals surface area contributed by atoms with Crippen molar-refractivity contribution in [3.05, 3.63) is 53.3 Å². The van der Waals surface area contributed by atoms with Crippen LogP contribution in [-0.2, 0) is 4.79 Å². The number of carbonyl (C=O) groups excluding carboxylic acids is 1. The van der Waals surface area contributed by atoms with Crippen LogP contribution in [0.25, 0.3) is 10.2 Å². The van der Waals surface area contributed by atoms with Crippen LogP contribution >= 0.6 is 11.3 Å². The molecular formula is C17H15FN2O2S. The van der Waals surface area contributed by atoms with Crippen LogP contribution in [0.15, 0.2) is 36.4 Å². The van der Waals surface area contributed by atoms with Gasteiger partial charge in [-0.1, -0.05) is 35.6 Å². The maximum Gasteiger partial charge on any atom is 0.264 e. The highest BCUT2D eigenvalue weighted by Crippen LogP contribution is 2.30. The molecule has 3 rings (SSSR count). The summed E-state index contributed by atoms with van der Waals surface area (Å²) >= 11 is 1.42. The van der Waals surface area contributed by atoms with Gasteiger partial charge in [0.15, 0.2) is 23.3 Å². The molecule has 0 unspecified atom stereocenters. The minimum atomic E-state index is -0.494. The highest BCUT2D eigenvalue weighted by Gasteiger charge is 2.12. The van der Waals surface area contributed by atoms with E-state index in [1.54, 1.807) is 12.1 Å². The first-order valence-electron chi connectivity index (χ1n) is 7.08. The van der Waals surface area contributed by atoms with Crippen molar-refractivity contribution in [2.45, 2.75) is 13.8 Å². The zero-order valence-corrected chi connectivity index (χ0v) is 13.5. The molecule has 3 aromatic rings. The second-order valence-electron chi connectivity index (χ2n) is 5.16. The smallest absolute Gasteiger partial charge is 0.264 e. The third-order valence-corrected chi connectivity index (χ3v) is 4.49. The number of hydrogen-bond donors (Lipinski definition) is 1. The van der Waals surface area contributed by atoms with E-state index in [2.05, 4.69) is 10.3 Å². The van der Waals surface area contributed by atoms with Crippen LogP contribution in [0, 0.1) is 19.7 Å². The average molecular weight is 330 g/mol. The van der Waals surface area contributed by atoms with E-state index >= 15 is 0 Å². The van der Waals surface area contributed by atoms with Crippen LogP contribution in [0.2, 0.25) is 0 Å². The first kappa shape index (κ1) is 15.4. The van der Waals surface area contributed by atoms with Crippen molar-refractivity contribution >= 4 is 32.6 Å². The molecule has 4 nitrogen and oxygen atoms in total. The summed E-state index contributed by atoms with van der Waals surface area (Å²) in [5, 5.41) is 3.21. The van der Waals surface area contributed by atoms with Gasteiger partial charge in [0.25, 0.3) is 5.91 Å². The zero-order valence-electron chi connectivity index (χ0n) is 12.7. The second kappa shape index (κ2) is 6.34. The number of benzene rings is 2. The molecule has 6 heteroatoms. The number of halogens is 1. The Balaban J connectivity index is 1.70. The van der Waals surface area contributed by atoms with Crippen molar-refractivity contribution in [1.82, 2.24) is 4.98 Å². The molecule has 0 spiro atoms. The van der Waals surface area contributed by atoms with Crippen LogP contribution in [0.5, 0.6) is 5.75 Å². The fourth-order valence-corrected chi connectivity index (χ4v) is 3.20. The summed E-state index contributed by atoms with van der Waals surface area (Å²) in [5.41, 5.74) is 3.07. The SMILES string of the molecule is Cc1ccc(C)c2sc(NC(=O)COc3ccccc3F)nc12. The van der Waals surface area contributed by atoms with E-state index in [0.717, 1.165) is 21.3 Å². The number of para-hydroxylation sites is 1. The van der Waals surface area contributed by atoms with Gasteiger partial charge in [0.05, 0.1) is 10.2 Å². The van der Waals surface area contributed by atoms with Gasteiger partial charge in [-0.2, -0.15) is 0 Å². The van der Waals surface area contributed by atoms with Gasteiger partial charge in [-0.3, -0.25) is 10.1 Å². The molecule has 1 aromatic heterocycles. The van der Waals surface area contributed by atoms with Gasteiger partial charge in [-0.05, 0) is 37.1 Å². The Morgan fingerprint density at radius 3 is 2.70 bits per heavy atom. The third-order valence-electron chi connectivity index (χ3n) is 3.38. The van der Waals surface area contributed by atoms with Crippen LogP contribution in [0.1, 0.15) is 11.1 Å². The summed E-state index contributed by atoms with van der Waals surface area (Å²) in [6.45, 7) is 3.72. The Kier molecular flexibility index (Phi) is 4.25. The molecule has 0 aliphatic rings. The Morgan fingerprint density at radius 1 is 1.22 bits per heavy atom. The summed E-state index contributed by atoms with van der Waals surface area (Å²) in [6.07, 6.45) is 0. The standard InChI is InChI=1S/C17H15FN2O2S/c1-10-7-8-11(2)16-15(10)20-17(23-16)19-14(21)9-22-13-6-4-3-5-12(13)18/h3-8H,9H2,1-2H3,(H,19,20,21). The van der Waals surface area contributed by atoms with Crippen molar-refractivity contribution in [2.24, 2.45) is 0 Å². The topological polar surface area (TPSA) is 51.2 Å². The molecule has 23 heavy (non-hydrogen) atoms. The van der Waals surface area contributed by atoms with E-state index in [9.17, 15) is 9.18 Å². The van der Waals surface area contributed by atoms with Crippen molar-refractivity contribution in [3.8, 4) is 5.75 Å². The van der Waals surface area contributed by atoms with Gasteiger partial charge >= 0.3 is 0 Å². The molecule has 1 heterocycles. The maximum absolute atomic E-state index is 13.4. The normalized spacial score (nSPS) is 10.7. The van der Waals surface area contributed by atoms with Crippen molar-refractivity contribution in [2.75, 3.05) is 11.9 Å². The van der Waals surface area contributed by atoms with Gasteiger partial charge in [0.1, 0.15) is 0 Å². The Hall–Kier alpha value is -2.47. The monoisotopic (exact) mass is 330 g/mol. The van der Waals surface area contributed by atoms with E-state index in [1.165, 1.54) is 23.5 Å². The zero-order chi connectivity index (χ0) is 16.4. The second-order valence-corrected chi connectivity index (χ2v) is 6.16. The molecule has 118 valence electrons. The molecular weight excluding hydrogens is 315 g/mol. The van der Waals surface area contributed by atoms with Gasteiger partial charge in [-0.25, -0.2) is 9.37 Å². The fourth-order valence-electron chi connectivity index (χ4n) is 2.17. The first-order chi connectivity index (χ1) is 11.0. The lowest BCUT2D eigenvalue weighted by atomic mass is 10.1. The number of nitrogens with one attached hydrogen (secondary N) is 1. The molecule has 0 fully saturated rings. The minimum Gasteiger partial charge on any atom is -0.481 e. The van der Waals surface area contributed by atoms with Gasteiger partial charge in [0, 0.05) is 0 Å². The number of hydrogen-bond acceptors (Lipinski definition) is 4. The van der Waals surface area contributed by atoms with E-state index in [4.69, 9.17) is 4.74 Å². The largest absolute Gasteiger partial charge is 0.481 e. The number of rotatable bonds is 4. The highest BCUT2D eigenvalue weighted by molar-refractivity contribution is 7.22. The summed E-state index contributed by atoms with van der Waals surface area (Å²) in [7, 11) is 0. The number of ether oxygens (including phenoxy) is 1. The van der Waals surface area contributed by atoms with E-state index in [1.807, 2.05) is 26.0 Å². The lowest BCUT2D eigenvalue weighted by molar-refractivity contribution is -0.118. The first-order valence-corrected chi connectivity index (χ1v) is 7.90. The van der Waals surface area contributed by atoms with E-state index < -0.39 is 5.82 Å². The third kappa shape index (κ3) is 3.32. The van der Waals surface area contributed by atoms with Crippen LogP contribution in [0.3, 0.4) is 0 Å². The number of nitrogens with zero attached hydrogens (tertiary/aromatic N) is 1. The molecule has 0 radical (unpaired) electrons. The number of thiazole rings is 1. The maximum atomic E-state index is 13.4. The lowest BCUT2D eigenvalue weighted by Gasteiger charge is -2.06. The van der Waals surface area contributed by atoms with E-state index in [0.29, 0.717) is 5.13 Å². The lowest BCUT2D eigenvalue weighted by Crippen LogP contribution is -2.20. The summed E-state index contributed by atoms with van der Waals surface area (Å²) in [5.74, 6) is -0.812. The van der Waals surface area contributed by atoms with Gasteiger partial charge in [-0.15, -0.1) is 0 Å². The number of carbonyl (C=O) groups is 1. The van der Waals surface area contributed by atoms with Gasteiger partial charge in [0.2, 0.25) is 0 Å². The summed E-state index contributed by atoms with van der Waals surface area (Å²) in [6, 6.07) is 10.0. The van der Waals surface area contributed by atoms with Crippen molar-refractivity contribution in [1.29, 1.82) is 0 Å². The van der Waals surface area contributed by atoms with Crippen LogP contribution in [-0.4, -0.2) is 17.5 Å². The Morgan fingerprint density at radius 2 is 1.96 bits per heavy atom. The highest BCUT2D eigenvalue weighted by atomic mass is 32.1. The van der Waals surface area contributed by atoms with Crippen molar-refractivity contribution in [3.63, 3.8) is 0 Å². The molecule has 2 aromatic carbocycles. The molecule has 1 N–H and O–H groups in total. The number of fused-ring (bicyclic) bond motifs is 1. The average Bonchev–Trinajstić information content (AvgIpc) is 2.95. The molecule has 1 amide bonds. The Labute approximate surface area is 136 Å².